The summed E-state index contributed by atoms with van der Waals surface area (Å²) in [6, 6.07) is 5.38. The normalized spacial score (nSPS) is 20.7. The van der Waals surface area contributed by atoms with E-state index in [2.05, 4.69) is 23.9 Å². The molecule has 1 aromatic rings. The van der Waals surface area contributed by atoms with Gasteiger partial charge in [0.05, 0.1) is 25.7 Å². The monoisotopic (exact) mass is 477 g/mol. The Kier molecular flexibility index (Phi) is 10.6. The predicted molar refractivity (Wildman–Crippen MR) is 128 cm³/mol. The van der Waals surface area contributed by atoms with E-state index in [-0.39, 0.29) is 24.6 Å². The van der Waals surface area contributed by atoms with E-state index in [1.807, 2.05) is 19.9 Å². The highest BCUT2D eigenvalue weighted by Crippen LogP contribution is 2.45. The Morgan fingerprint density at radius 2 is 2.03 bits per heavy atom. The predicted octanol–water partition coefficient (Wildman–Crippen LogP) is 4.96. The lowest BCUT2D eigenvalue weighted by molar-refractivity contribution is -0.149. The zero-order valence-corrected chi connectivity index (χ0v) is 21.2. The van der Waals surface area contributed by atoms with Gasteiger partial charge in [0, 0.05) is 12.0 Å². The summed E-state index contributed by atoms with van der Waals surface area (Å²) in [5, 5.41) is 15.8. The van der Waals surface area contributed by atoms with E-state index < -0.39 is 17.7 Å². The van der Waals surface area contributed by atoms with Crippen LogP contribution in [0.25, 0.3) is 10.4 Å². The number of aliphatic hydroxyl groups excluding tert-OH is 1. The molecule has 2 rings (SSSR count). The highest BCUT2D eigenvalue weighted by molar-refractivity contribution is 5.75. The Morgan fingerprint density at radius 3 is 2.59 bits per heavy atom. The van der Waals surface area contributed by atoms with Crippen LogP contribution < -0.4 is 4.74 Å². The highest BCUT2D eigenvalue weighted by Gasteiger charge is 2.52. The second-order valence-corrected chi connectivity index (χ2v) is 9.66. The molecule has 0 radical (unpaired) electrons. The van der Waals surface area contributed by atoms with Gasteiger partial charge < -0.3 is 24.1 Å². The fourth-order valence-corrected chi connectivity index (χ4v) is 4.48. The van der Waals surface area contributed by atoms with Crippen molar-refractivity contribution in [1.82, 2.24) is 0 Å². The van der Waals surface area contributed by atoms with Gasteiger partial charge >= 0.3 is 5.97 Å². The van der Waals surface area contributed by atoms with Gasteiger partial charge in [-0.2, -0.15) is 0 Å². The molecule has 1 aliphatic heterocycles. The first-order chi connectivity index (χ1) is 16.2. The van der Waals surface area contributed by atoms with Crippen molar-refractivity contribution in [1.29, 1.82) is 0 Å². The fraction of sp³-hybridized carbons (Fsp3) is 0.720. The van der Waals surface area contributed by atoms with E-state index >= 15 is 0 Å². The Balaban J connectivity index is 2.47. The Labute approximate surface area is 202 Å². The van der Waals surface area contributed by atoms with Crippen molar-refractivity contribution < 1.29 is 28.8 Å². The Hall–Kier alpha value is -2.32. The van der Waals surface area contributed by atoms with Crippen LogP contribution in [0.2, 0.25) is 0 Å². The first-order valence-corrected chi connectivity index (χ1v) is 11.9. The number of hydrogen-bond acceptors (Lipinski definition) is 7. The number of hydrogen-bond donors (Lipinski definition) is 1. The minimum atomic E-state index is -1.32. The number of benzene rings is 1. The summed E-state index contributed by atoms with van der Waals surface area (Å²) in [4.78, 5) is 15.7. The summed E-state index contributed by atoms with van der Waals surface area (Å²) in [5.74, 6) is 0.459. The Morgan fingerprint density at radius 1 is 1.29 bits per heavy atom. The zero-order valence-electron chi connectivity index (χ0n) is 21.2. The molecule has 9 nitrogen and oxygen atoms in total. The molecule has 1 aliphatic rings. The number of aliphatic hydroxyl groups is 1. The van der Waals surface area contributed by atoms with Crippen LogP contribution >= 0.6 is 0 Å². The van der Waals surface area contributed by atoms with Crippen molar-refractivity contribution in [3.8, 4) is 5.75 Å². The van der Waals surface area contributed by atoms with Crippen LogP contribution in [0.3, 0.4) is 0 Å². The van der Waals surface area contributed by atoms with E-state index in [0.717, 1.165) is 5.56 Å². The lowest BCUT2D eigenvalue weighted by Gasteiger charge is -2.38. The van der Waals surface area contributed by atoms with E-state index in [0.29, 0.717) is 49.5 Å². The number of azide groups is 1. The highest BCUT2D eigenvalue weighted by atomic mass is 16.7. The van der Waals surface area contributed by atoms with Gasteiger partial charge in [0.2, 0.25) is 0 Å². The molecular formula is C25H39N3O6. The zero-order chi connectivity index (χ0) is 25.3. The number of esters is 1. The van der Waals surface area contributed by atoms with Crippen LogP contribution in [0.5, 0.6) is 5.75 Å². The van der Waals surface area contributed by atoms with Crippen molar-refractivity contribution in [2.75, 3.05) is 27.6 Å². The van der Waals surface area contributed by atoms with E-state index in [9.17, 15) is 15.4 Å². The minimum Gasteiger partial charge on any atom is -0.496 e. The summed E-state index contributed by atoms with van der Waals surface area (Å²) in [7, 11) is 3.14. The standard InChI is InChI=1S/C25H39N3O6/c1-16(2)9-11-25(27-28-26,22-14-20(17(3)4)24(30)34-22)23(29)19-7-8-21(32-6)18(13-19)10-12-33-15-31-5/h7-8,13,16-17,20,22-23,29H,9-12,14-15H2,1-6H3/t20-,22-,23+,25+/m0/s1. The topological polar surface area (TPSA) is 123 Å². The van der Waals surface area contributed by atoms with Gasteiger partial charge in [-0.3, -0.25) is 4.79 Å². The molecule has 190 valence electrons. The molecule has 0 bridgehead atoms. The number of nitrogens with zero attached hydrogens (tertiary/aromatic N) is 3. The van der Waals surface area contributed by atoms with Crippen LogP contribution in [0, 0.1) is 17.8 Å². The second-order valence-electron chi connectivity index (χ2n) is 9.66. The molecule has 0 unspecified atom stereocenters. The number of methoxy groups -OCH3 is 2. The quantitative estimate of drug-likeness (QED) is 0.101. The van der Waals surface area contributed by atoms with E-state index in [4.69, 9.17) is 18.9 Å². The van der Waals surface area contributed by atoms with Gasteiger partial charge in [0.25, 0.3) is 0 Å². The molecule has 0 aliphatic carbocycles. The summed E-state index contributed by atoms with van der Waals surface area (Å²) < 4.78 is 21.6. The maximum absolute atomic E-state index is 12.6. The lowest BCUT2D eigenvalue weighted by Crippen LogP contribution is -2.46. The van der Waals surface area contributed by atoms with Crippen LogP contribution in [-0.4, -0.2) is 50.3 Å². The van der Waals surface area contributed by atoms with Crippen LogP contribution in [0.1, 0.15) is 64.2 Å². The number of carbonyl (C=O) groups is 1. The van der Waals surface area contributed by atoms with Crippen molar-refractivity contribution in [3.05, 3.63) is 39.8 Å². The lowest BCUT2D eigenvalue weighted by atomic mass is 9.75. The minimum absolute atomic E-state index is 0.0863. The molecule has 1 fully saturated rings. The molecule has 9 heteroatoms. The molecular weight excluding hydrogens is 438 g/mol. The average Bonchev–Trinajstić information content (AvgIpc) is 3.21. The summed E-state index contributed by atoms with van der Waals surface area (Å²) >= 11 is 0. The second kappa shape index (κ2) is 13.0. The molecule has 0 aromatic heterocycles. The third-order valence-electron chi connectivity index (χ3n) is 6.56. The third-order valence-corrected chi connectivity index (χ3v) is 6.56. The molecule has 4 atom stereocenters. The van der Waals surface area contributed by atoms with Gasteiger partial charge in [-0.15, -0.1) is 0 Å². The van der Waals surface area contributed by atoms with Gasteiger partial charge in [0.15, 0.2) is 0 Å². The molecule has 0 amide bonds. The first kappa shape index (κ1) is 27.9. The average molecular weight is 478 g/mol. The third kappa shape index (κ3) is 6.63. The van der Waals surface area contributed by atoms with Crippen molar-refractivity contribution in [2.45, 2.75) is 71.1 Å². The maximum atomic E-state index is 12.6. The largest absolute Gasteiger partial charge is 0.496 e. The molecule has 1 N–H and O–H groups in total. The molecule has 0 spiro atoms. The van der Waals surface area contributed by atoms with E-state index in [1.165, 1.54) is 0 Å². The number of cyclic esters (lactones) is 1. The summed E-state index contributed by atoms with van der Waals surface area (Å²) in [5.41, 5.74) is 9.62. The smallest absolute Gasteiger partial charge is 0.309 e. The molecule has 0 saturated carbocycles. The first-order valence-electron chi connectivity index (χ1n) is 11.9. The molecule has 1 saturated heterocycles. The number of carbonyl (C=O) groups excluding carboxylic acids is 1. The van der Waals surface area contributed by atoms with Crippen molar-refractivity contribution >= 4 is 5.97 Å². The molecule has 1 aromatic carbocycles. The van der Waals surface area contributed by atoms with Gasteiger partial charge in [-0.1, -0.05) is 45.3 Å². The fourth-order valence-electron chi connectivity index (χ4n) is 4.48. The van der Waals surface area contributed by atoms with Gasteiger partial charge in [0.1, 0.15) is 24.2 Å². The van der Waals surface area contributed by atoms with Crippen LogP contribution in [0.4, 0.5) is 0 Å². The van der Waals surface area contributed by atoms with Crippen molar-refractivity contribution in [2.24, 2.45) is 22.9 Å². The Bertz CT molecular complexity index is 855. The maximum Gasteiger partial charge on any atom is 0.309 e. The van der Waals surface area contributed by atoms with Gasteiger partial charge in [-0.25, -0.2) is 0 Å². The number of rotatable bonds is 14. The number of ether oxygens (including phenoxy) is 4. The molecule has 1 heterocycles. The summed E-state index contributed by atoms with van der Waals surface area (Å²) in [6.45, 7) is 8.66. The summed E-state index contributed by atoms with van der Waals surface area (Å²) in [6.07, 6.45) is 0.143. The van der Waals surface area contributed by atoms with Gasteiger partial charge in [-0.05, 0) is 59.9 Å². The van der Waals surface area contributed by atoms with Crippen LogP contribution in [-0.2, 0) is 25.4 Å². The SMILES string of the molecule is COCOCCc1cc([C@@H](O)[C@](CCC(C)C)(N=[N+]=[N-])[C@@H]2C[C@@H](C(C)C)C(=O)O2)ccc1OC. The van der Waals surface area contributed by atoms with Crippen molar-refractivity contribution in [3.63, 3.8) is 0 Å². The van der Waals surface area contributed by atoms with Crippen LogP contribution in [0.15, 0.2) is 23.3 Å². The molecule has 34 heavy (non-hydrogen) atoms. The van der Waals surface area contributed by atoms with E-state index in [1.54, 1.807) is 26.4 Å².